The molecule has 0 saturated carbocycles. The lowest BCUT2D eigenvalue weighted by molar-refractivity contribution is 0.482. The van der Waals surface area contributed by atoms with E-state index in [0.29, 0.717) is 22.5 Å². The average molecular weight is 258 g/mol. The fourth-order valence-electron chi connectivity index (χ4n) is 2.33. The van der Waals surface area contributed by atoms with E-state index in [1.54, 1.807) is 27.9 Å². The third kappa shape index (κ3) is 2.23. The molecule has 0 aromatic heterocycles. The maximum atomic E-state index is 11.4. The Morgan fingerprint density at radius 3 is 1.47 bits per heavy atom. The topological polar surface area (TPSA) is 78.4 Å². The predicted octanol–water partition coefficient (Wildman–Crippen LogP) is 1.94. The summed E-state index contributed by atoms with van der Waals surface area (Å²) in [5.74, 6) is 0. The van der Waals surface area contributed by atoms with E-state index < -0.39 is 10.1 Å². The molecule has 0 fully saturated rings. The lowest BCUT2D eigenvalue weighted by atomic mass is 10.0. The molecule has 96 valence electrons. The first-order valence-corrected chi connectivity index (χ1v) is 6.66. The number of hydrogen-bond acceptors (Lipinski definition) is 4. The molecule has 0 bridgehead atoms. The van der Waals surface area contributed by atoms with Crippen molar-refractivity contribution >= 4 is 21.5 Å². The van der Waals surface area contributed by atoms with Crippen LogP contribution in [0.3, 0.4) is 0 Å². The van der Waals surface area contributed by atoms with E-state index in [2.05, 4.69) is 10.6 Å². The molecule has 1 aromatic rings. The molecule has 1 rings (SSSR count). The summed E-state index contributed by atoms with van der Waals surface area (Å²) in [5.41, 5.74) is 3.42. The number of nitrogens with one attached hydrogen (secondary N) is 2. The van der Waals surface area contributed by atoms with Gasteiger partial charge >= 0.3 is 0 Å². The molecule has 0 heterocycles. The van der Waals surface area contributed by atoms with Crippen LogP contribution < -0.4 is 10.6 Å². The van der Waals surface area contributed by atoms with Crippen LogP contribution in [0.5, 0.6) is 0 Å². The largest absolute Gasteiger partial charge is 0.388 e. The molecule has 0 aliphatic carbocycles. The summed E-state index contributed by atoms with van der Waals surface area (Å²) in [7, 11) is -0.786. The Balaban J connectivity index is 3.85. The molecule has 0 aliphatic heterocycles. The summed E-state index contributed by atoms with van der Waals surface area (Å²) < 4.78 is 32.1. The van der Waals surface area contributed by atoms with E-state index in [-0.39, 0.29) is 4.90 Å². The average Bonchev–Trinajstić information content (AvgIpc) is 2.16. The molecule has 0 saturated heterocycles. The van der Waals surface area contributed by atoms with E-state index in [0.717, 1.165) is 5.56 Å². The summed E-state index contributed by atoms with van der Waals surface area (Å²) in [6.07, 6.45) is 0. The van der Waals surface area contributed by atoms with E-state index >= 15 is 0 Å². The highest BCUT2D eigenvalue weighted by Gasteiger charge is 2.23. The first-order valence-electron chi connectivity index (χ1n) is 5.22. The standard InChI is InChI=1S/C11H18N2O3S/c1-6-9(12-4)7(2)11(17(14,15)16)8(3)10(6)13-5/h12-13H,1-5H3,(H,14,15,16). The van der Waals surface area contributed by atoms with E-state index in [1.165, 1.54) is 0 Å². The van der Waals surface area contributed by atoms with Crippen molar-refractivity contribution in [1.29, 1.82) is 0 Å². The smallest absolute Gasteiger partial charge is 0.295 e. The molecule has 0 aliphatic rings. The highest BCUT2D eigenvalue weighted by Crippen LogP contribution is 2.36. The maximum absolute atomic E-state index is 11.4. The molecule has 3 N–H and O–H groups in total. The summed E-state index contributed by atoms with van der Waals surface area (Å²) in [6, 6.07) is 0. The van der Waals surface area contributed by atoms with Gasteiger partial charge in [0.05, 0.1) is 0 Å². The number of hydrogen-bond donors (Lipinski definition) is 3. The maximum Gasteiger partial charge on any atom is 0.295 e. The lowest BCUT2D eigenvalue weighted by Crippen LogP contribution is -2.11. The Morgan fingerprint density at radius 1 is 0.882 bits per heavy atom. The highest BCUT2D eigenvalue weighted by atomic mass is 32.2. The van der Waals surface area contributed by atoms with Crippen LogP contribution in [0.25, 0.3) is 0 Å². The Bertz CT molecular complexity index is 519. The van der Waals surface area contributed by atoms with Crippen molar-refractivity contribution in [2.75, 3.05) is 24.7 Å². The van der Waals surface area contributed by atoms with Crippen molar-refractivity contribution in [1.82, 2.24) is 0 Å². The molecule has 6 heteroatoms. The van der Waals surface area contributed by atoms with Crippen LogP contribution >= 0.6 is 0 Å². The Labute approximate surface area is 102 Å². The molecule has 0 atom stereocenters. The molecular weight excluding hydrogens is 240 g/mol. The second-order valence-corrected chi connectivity index (χ2v) is 5.29. The van der Waals surface area contributed by atoms with Crippen molar-refractivity contribution in [2.24, 2.45) is 0 Å². The number of anilines is 2. The Kier molecular flexibility index (Phi) is 3.68. The van der Waals surface area contributed by atoms with Crippen LogP contribution in [0.1, 0.15) is 16.7 Å². The molecule has 17 heavy (non-hydrogen) atoms. The van der Waals surface area contributed by atoms with Crippen LogP contribution in [0.2, 0.25) is 0 Å². The summed E-state index contributed by atoms with van der Waals surface area (Å²) >= 11 is 0. The molecule has 0 unspecified atom stereocenters. The van der Waals surface area contributed by atoms with E-state index in [9.17, 15) is 13.0 Å². The fourth-order valence-corrected chi connectivity index (χ4v) is 3.31. The normalized spacial score (nSPS) is 11.4. The van der Waals surface area contributed by atoms with Gasteiger partial charge in [-0.2, -0.15) is 8.42 Å². The second-order valence-electron chi connectivity index (χ2n) is 3.93. The van der Waals surface area contributed by atoms with Crippen molar-refractivity contribution in [3.8, 4) is 0 Å². The quantitative estimate of drug-likeness (QED) is 0.722. The zero-order chi connectivity index (χ0) is 13.4. The van der Waals surface area contributed by atoms with Crippen LogP contribution in [-0.2, 0) is 10.1 Å². The van der Waals surface area contributed by atoms with Crippen molar-refractivity contribution in [3.63, 3.8) is 0 Å². The zero-order valence-corrected chi connectivity index (χ0v) is 11.5. The van der Waals surface area contributed by atoms with Gasteiger partial charge in [0.2, 0.25) is 0 Å². The van der Waals surface area contributed by atoms with Crippen LogP contribution in [0.4, 0.5) is 11.4 Å². The highest BCUT2D eigenvalue weighted by molar-refractivity contribution is 7.86. The van der Waals surface area contributed by atoms with Crippen LogP contribution in [0.15, 0.2) is 4.90 Å². The van der Waals surface area contributed by atoms with Gasteiger partial charge in [-0.3, -0.25) is 4.55 Å². The van der Waals surface area contributed by atoms with Crippen molar-refractivity contribution in [3.05, 3.63) is 16.7 Å². The third-order valence-corrected chi connectivity index (χ3v) is 4.07. The van der Waals surface area contributed by atoms with Gasteiger partial charge in [-0.15, -0.1) is 0 Å². The van der Waals surface area contributed by atoms with Gasteiger partial charge in [0.15, 0.2) is 0 Å². The van der Waals surface area contributed by atoms with Crippen LogP contribution in [-0.4, -0.2) is 27.1 Å². The number of rotatable bonds is 3. The zero-order valence-electron chi connectivity index (χ0n) is 10.7. The molecule has 0 radical (unpaired) electrons. The first-order chi connectivity index (χ1) is 7.75. The van der Waals surface area contributed by atoms with Gasteiger partial charge in [0.25, 0.3) is 10.1 Å². The van der Waals surface area contributed by atoms with Gasteiger partial charge in [0, 0.05) is 25.5 Å². The molecular formula is C11H18N2O3S. The monoisotopic (exact) mass is 258 g/mol. The summed E-state index contributed by atoms with van der Waals surface area (Å²) in [4.78, 5) is -0.0307. The molecule has 0 amide bonds. The van der Waals surface area contributed by atoms with Crippen molar-refractivity contribution in [2.45, 2.75) is 25.7 Å². The summed E-state index contributed by atoms with van der Waals surface area (Å²) in [6.45, 7) is 5.24. The summed E-state index contributed by atoms with van der Waals surface area (Å²) in [5, 5.41) is 5.92. The SMILES string of the molecule is CNc1c(C)c(NC)c(C)c(S(=O)(=O)O)c1C. The third-order valence-electron chi connectivity index (χ3n) is 2.94. The Morgan fingerprint density at radius 2 is 1.24 bits per heavy atom. The van der Waals surface area contributed by atoms with Crippen molar-refractivity contribution < 1.29 is 13.0 Å². The Hall–Kier alpha value is -1.27. The molecule has 5 nitrogen and oxygen atoms in total. The molecule has 0 spiro atoms. The van der Waals surface area contributed by atoms with Crippen LogP contribution in [0, 0.1) is 20.8 Å². The van der Waals surface area contributed by atoms with Gasteiger partial charge in [-0.1, -0.05) is 0 Å². The van der Waals surface area contributed by atoms with Gasteiger partial charge in [-0.05, 0) is 37.5 Å². The van der Waals surface area contributed by atoms with E-state index in [1.807, 2.05) is 6.92 Å². The second kappa shape index (κ2) is 4.54. The van der Waals surface area contributed by atoms with Gasteiger partial charge in [-0.25, -0.2) is 0 Å². The molecule has 1 aromatic carbocycles. The van der Waals surface area contributed by atoms with Gasteiger partial charge < -0.3 is 10.6 Å². The fraction of sp³-hybridized carbons (Fsp3) is 0.455. The predicted molar refractivity (Wildman–Crippen MR) is 69.6 cm³/mol. The van der Waals surface area contributed by atoms with Gasteiger partial charge in [0.1, 0.15) is 4.90 Å². The minimum Gasteiger partial charge on any atom is -0.388 e. The minimum atomic E-state index is -4.23. The number of benzene rings is 1. The lowest BCUT2D eigenvalue weighted by Gasteiger charge is -2.20. The van der Waals surface area contributed by atoms with E-state index in [4.69, 9.17) is 0 Å². The first kappa shape index (κ1) is 13.8. The minimum absolute atomic E-state index is 0.0307.